The zero-order valence-corrected chi connectivity index (χ0v) is 18.9. The van der Waals surface area contributed by atoms with Crippen LogP contribution in [0.3, 0.4) is 0 Å². The number of fused-ring (bicyclic) bond motifs is 1. The van der Waals surface area contributed by atoms with Gasteiger partial charge in [-0.3, -0.25) is 9.59 Å². The number of pyridine rings is 1. The van der Waals surface area contributed by atoms with Gasteiger partial charge in [-0.1, -0.05) is 26.0 Å². The average molecular weight is 449 g/mol. The van der Waals surface area contributed by atoms with Crippen LogP contribution in [-0.4, -0.2) is 41.0 Å². The highest BCUT2D eigenvalue weighted by atomic mass is 16.5. The van der Waals surface area contributed by atoms with E-state index in [4.69, 9.17) is 10.5 Å². The Bertz CT molecular complexity index is 1160. The van der Waals surface area contributed by atoms with Crippen molar-refractivity contribution in [1.82, 2.24) is 20.6 Å². The topological polar surface area (TPSA) is 146 Å². The van der Waals surface area contributed by atoms with Crippen molar-refractivity contribution in [1.29, 1.82) is 5.26 Å². The van der Waals surface area contributed by atoms with Crippen LogP contribution in [0.15, 0.2) is 42.6 Å². The lowest BCUT2D eigenvalue weighted by molar-refractivity contribution is -0.123. The lowest BCUT2D eigenvalue weighted by Gasteiger charge is -2.21. The Morgan fingerprint density at radius 1 is 1.24 bits per heavy atom. The number of ether oxygens (including phenoxy) is 1. The molecule has 1 unspecified atom stereocenters. The molecule has 0 spiro atoms. The first-order chi connectivity index (χ1) is 15.8. The van der Waals surface area contributed by atoms with E-state index in [2.05, 4.69) is 26.7 Å². The molecule has 0 radical (unpaired) electrons. The quantitative estimate of drug-likeness (QED) is 0.396. The van der Waals surface area contributed by atoms with Crippen molar-refractivity contribution in [3.8, 4) is 11.8 Å². The van der Waals surface area contributed by atoms with E-state index in [1.807, 2.05) is 32.0 Å². The molecular weight excluding hydrogens is 420 g/mol. The van der Waals surface area contributed by atoms with Gasteiger partial charge >= 0.3 is 0 Å². The summed E-state index contributed by atoms with van der Waals surface area (Å²) in [5.74, 6) is 0.343. The number of hydrogen-bond donors (Lipinski definition) is 4. The molecule has 0 fully saturated rings. The molecule has 2 heterocycles. The number of carbonyl (C=O) groups excluding carboxylic acids is 2. The number of nitrogens with one attached hydrogen (secondary N) is 3. The standard InChI is InChI=1S/C24H28N6O3/c1-14(2)9-19(23(31)28-16(12-25)10-15-7-8-22(26)27-13-15)30-24(32)20-11-17-18(29-20)5-4-6-21(17)33-3/h4-8,11,13-14,16,19,29H,9-10H2,1-3H3,(H2,26,27)(H,28,31)(H,30,32)/t16?,19-/m0/s1. The van der Waals surface area contributed by atoms with E-state index in [0.29, 0.717) is 23.7 Å². The maximum absolute atomic E-state index is 13.0. The molecule has 0 bridgehead atoms. The van der Waals surface area contributed by atoms with Crippen LogP contribution in [0.25, 0.3) is 10.9 Å². The lowest BCUT2D eigenvalue weighted by atomic mass is 10.0. The Hall–Kier alpha value is -4.06. The number of nitriles is 1. The first kappa shape index (κ1) is 23.6. The third kappa shape index (κ3) is 6.01. The molecule has 5 N–H and O–H groups in total. The van der Waals surface area contributed by atoms with Crippen LogP contribution < -0.4 is 21.1 Å². The summed E-state index contributed by atoms with van der Waals surface area (Å²) in [6.45, 7) is 3.92. The largest absolute Gasteiger partial charge is 0.496 e. The fourth-order valence-electron chi connectivity index (χ4n) is 3.56. The van der Waals surface area contributed by atoms with Gasteiger partial charge in [-0.05, 0) is 42.2 Å². The first-order valence-electron chi connectivity index (χ1n) is 10.7. The molecule has 0 saturated heterocycles. The first-order valence-corrected chi connectivity index (χ1v) is 10.7. The molecule has 33 heavy (non-hydrogen) atoms. The third-order valence-electron chi connectivity index (χ3n) is 5.18. The van der Waals surface area contributed by atoms with Crippen LogP contribution >= 0.6 is 0 Å². The summed E-state index contributed by atoms with van der Waals surface area (Å²) in [6.07, 6.45) is 2.27. The van der Waals surface area contributed by atoms with Crippen molar-refractivity contribution in [3.05, 3.63) is 53.9 Å². The van der Waals surface area contributed by atoms with Crippen LogP contribution in [0.2, 0.25) is 0 Å². The van der Waals surface area contributed by atoms with E-state index in [9.17, 15) is 14.9 Å². The van der Waals surface area contributed by atoms with Gasteiger partial charge in [0.2, 0.25) is 5.91 Å². The normalized spacial score (nSPS) is 12.7. The van der Waals surface area contributed by atoms with E-state index in [1.165, 1.54) is 0 Å². The van der Waals surface area contributed by atoms with Gasteiger partial charge < -0.3 is 26.1 Å². The van der Waals surface area contributed by atoms with Crippen molar-refractivity contribution >= 4 is 28.5 Å². The smallest absolute Gasteiger partial charge is 0.268 e. The second-order valence-corrected chi connectivity index (χ2v) is 8.25. The summed E-state index contributed by atoms with van der Waals surface area (Å²) in [5.41, 5.74) is 7.44. The molecular formula is C24H28N6O3. The molecule has 3 aromatic rings. The molecule has 2 amide bonds. The van der Waals surface area contributed by atoms with E-state index in [0.717, 1.165) is 16.5 Å². The van der Waals surface area contributed by atoms with Gasteiger partial charge in [0.25, 0.3) is 5.91 Å². The fourth-order valence-corrected chi connectivity index (χ4v) is 3.56. The number of hydrogen-bond acceptors (Lipinski definition) is 6. The minimum absolute atomic E-state index is 0.144. The number of methoxy groups -OCH3 is 1. The number of nitrogens with two attached hydrogens (primary N) is 1. The maximum atomic E-state index is 13.0. The molecule has 2 aromatic heterocycles. The Labute approximate surface area is 192 Å². The molecule has 1 aromatic carbocycles. The number of nitrogen functional groups attached to an aromatic ring is 1. The van der Waals surface area contributed by atoms with E-state index in [1.54, 1.807) is 31.5 Å². The number of benzene rings is 1. The van der Waals surface area contributed by atoms with Crippen LogP contribution in [0, 0.1) is 17.2 Å². The van der Waals surface area contributed by atoms with Gasteiger partial charge in [-0.2, -0.15) is 5.26 Å². The second kappa shape index (κ2) is 10.5. The highest BCUT2D eigenvalue weighted by molar-refractivity contribution is 6.01. The third-order valence-corrected chi connectivity index (χ3v) is 5.18. The number of nitrogens with zero attached hydrogens (tertiary/aromatic N) is 2. The Morgan fingerprint density at radius 2 is 2.03 bits per heavy atom. The number of aromatic nitrogens is 2. The number of H-pyrrole nitrogens is 1. The second-order valence-electron chi connectivity index (χ2n) is 8.25. The molecule has 2 atom stereocenters. The van der Waals surface area contributed by atoms with Gasteiger partial charge in [0, 0.05) is 23.5 Å². The van der Waals surface area contributed by atoms with Crippen molar-refractivity contribution in [3.63, 3.8) is 0 Å². The molecule has 9 heteroatoms. The highest BCUT2D eigenvalue weighted by Gasteiger charge is 2.25. The lowest BCUT2D eigenvalue weighted by Crippen LogP contribution is -2.50. The molecule has 0 aliphatic heterocycles. The minimum atomic E-state index is -0.800. The predicted octanol–water partition coefficient (Wildman–Crippen LogP) is 2.55. The Morgan fingerprint density at radius 3 is 2.67 bits per heavy atom. The van der Waals surface area contributed by atoms with Crippen molar-refractivity contribution < 1.29 is 14.3 Å². The van der Waals surface area contributed by atoms with Crippen LogP contribution in [0.5, 0.6) is 5.75 Å². The van der Waals surface area contributed by atoms with Crippen molar-refractivity contribution in [2.45, 2.75) is 38.8 Å². The Kier molecular flexibility index (Phi) is 7.51. The maximum Gasteiger partial charge on any atom is 0.268 e. The predicted molar refractivity (Wildman–Crippen MR) is 125 cm³/mol. The van der Waals surface area contributed by atoms with E-state index in [-0.39, 0.29) is 12.3 Å². The molecule has 0 aliphatic carbocycles. The van der Waals surface area contributed by atoms with Gasteiger partial charge in [0.1, 0.15) is 29.3 Å². The number of amides is 2. The van der Waals surface area contributed by atoms with Crippen LogP contribution in [0.4, 0.5) is 5.82 Å². The summed E-state index contributed by atoms with van der Waals surface area (Å²) < 4.78 is 5.35. The summed E-state index contributed by atoms with van der Waals surface area (Å²) in [6, 6.07) is 11.1. The number of carbonyl (C=O) groups is 2. The summed E-state index contributed by atoms with van der Waals surface area (Å²) in [4.78, 5) is 33.0. The monoisotopic (exact) mass is 448 g/mol. The minimum Gasteiger partial charge on any atom is -0.496 e. The molecule has 9 nitrogen and oxygen atoms in total. The van der Waals surface area contributed by atoms with Crippen molar-refractivity contribution in [2.24, 2.45) is 5.92 Å². The van der Waals surface area contributed by atoms with Crippen LogP contribution in [0.1, 0.15) is 36.3 Å². The number of anilines is 1. The highest BCUT2D eigenvalue weighted by Crippen LogP contribution is 2.26. The van der Waals surface area contributed by atoms with Crippen LogP contribution in [-0.2, 0) is 11.2 Å². The summed E-state index contributed by atoms with van der Waals surface area (Å²) in [7, 11) is 1.57. The number of aromatic amines is 1. The summed E-state index contributed by atoms with van der Waals surface area (Å²) >= 11 is 0. The SMILES string of the molecule is COc1cccc2[nH]c(C(=O)N[C@@H](CC(C)C)C(=O)NC(C#N)Cc3ccc(N)nc3)cc12. The molecule has 172 valence electrons. The zero-order chi connectivity index (χ0) is 24.0. The van der Waals surface area contributed by atoms with Crippen molar-refractivity contribution in [2.75, 3.05) is 12.8 Å². The Balaban J connectivity index is 1.73. The molecule has 3 rings (SSSR count). The zero-order valence-electron chi connectivity index (χ0n) is 18.9. The van der Waals surface area contributed by atoms with Gasteiger partial charge in [0.15, 0.2) is 0 Å². The van der Waals surface area contributed by atoms with Gasteiger partial charge in [-0.25, -0.2) is 4.98 Å². The van der Waals surface area contributed by atoms with Gasteiger partial charge in [0.05, 0.1) is 13.2 Å². The summed E-state index contributed by atoms with van der Waals surface area (Å²) in [5, 5.41) is 15.8. The van der Waals surface area contributed by atoms with E-state index >= 15 is 0 Å². The molecule has 0 aliphatic rings. The fraction of sp³-hybridized carbons (Fsp3) is 0.333. The molecule has 0 saturated carbocycles. The average Bonchev–Trinajstić information content (AvgIpc) is 3.24. The van der Waals surface area contributed by atoms with Gasteiger partial charge in [-0.15, -0.1) is 0 Å². The number of rotatable bonds is 9. The van der Waals surface area contributed by atoms with E-state index < -0.39 is 23.9 Å².